The van der Waals surface area contributed by atoms with Crippen LogP contribution in [0.15, 0.2) is 30.3 Å². The summed E-state index contributed by atoms with van der Waals surface area (Å²) < 4.78 is 9.01. The first-order chi connectivity index (χ1) is 7.06. The summed E-state index contributed by atoms with van der Waals surface area (Å²) in [6.07, 6.45) is -0.800. The van der Waals surface area contributed by atoms with Crippen LogP contribution in [0.5, 0.6) is 0 Å². The van der Waals surface area contributed by atoms with E-state index in [-0.39, 0.29) is 6.61 Å². The van der Waals surface area contributed by atoms with E-state index in [2.05, 4.69) is 4.74 Å². The molecule has 82 valence electrons. The Kier molecular flexibility index (Phi) is 3.68. The van der Waals surface area contributed by atoms with Gasteiger partial charge in [-0.3, -0.25) is 0 Å². The lowest BCUT2D eigenvalue weighted by atomic mass is 9.97. The maximum Gasteiger partial charge on any atom is 0.508 e. The summed E-state index contributed by atoms with van der Waals surface area (Å²) in [5, 5.41) is 10.00. The topological polar surface area (TPSA) is 55.8 Å². The number of rotatable bonds is 3. The van der Waals surface area contributed by atoms with Gasteiger partial charge < -0.3 is 14.6 Å². The molecule has 0 bridgehead atoms. The van der Waals surface area contributed by atoms with Crippen LogP contribution in [-0.2, 0) is 15.1 Å². The lowest BCUT2D eigenvalue weighted by Gasteiger charge is -2.22. The number of carbonyl (C=O) groups excluding carboxylic acids is 1. The van der Waals surface area contributed by atoms with Gasteiger partial charge in [0.05, 0.1) is 7.11 Å². The predicted octanol–water partition coefficient (Wildman–Crippen LogP) is 1.68. The minimum atomic E-state index is -1.20. The van der Waals surface area contributed by atoms with Gasteiger partial charge in [-0.1, -0.05) is 30.3 Å². The molecule has 4 heteroatoms. The molecule has 15 heavy (non-hydrogen) atoms. The monoisotopic (exact) mass is 210 g/mol. The third-order valence-corrected chi connectivity index (χ3v) is 2.03. The Morgan fingerprint density at radius 2 is 2.00 bits per heavy atom. The minimum absolute atomic E-state index is 0.135. The molecule has 1 aromatic carbocycles. The molecule has 4 nitrogen and oxygen atoms in total. The average molecular weight is 210 g/mol. The molecule has 0 aliphatic heterocycles. The Morgan fingerprint density at radius 1 is 1.40 bits per heavy atom. The van der Waals surface area contributed by atoms with Gasteiger partial charge in [0.15, 0.2) is 0 Å². The molecule has 0 amide bonds. The lowest BCUT2D eigenvalue weighted by molar-refractivity contribution is -0.0293. The van der Waals surface area contributed by atoms with Crippen molar-refractivity contribution in [1.29, 1.82) is 0 Å². The molecule has 1 N–H and O–H groups in total. The normalized spacial score (nSPS) is 14.1. The summed E-state index contributed by atoms with van der Waals surface area (Å²) in [6, 6.07) is 8.99. The number of hydrogen-bond donors (Lipinski definition) is 1. The smallest absolute Gasteiger partial charge is 0.438 e. The van der Waals surface area contributed by atoms with Crippen LogP contribution in [0.3, 0.4) is 0 Å². The van der Waals surface area contributed by atoms with E-state index in [1.54, 1.807) is 19.1 Å². The molecule has 1 rings (SSSR count). The number of carbonyl (C=O) groups is 1. The third-order valence-electron chi connectivity index (χ3n) is 2.03. The van der Waals surface area contributed by atoms with Gasteiger partial charge in [-0.05, 0) is 12.5 Å². The van der Waals surface area contributed by atoms with Gasteiger partial charge in [0, 0.05) is 0 Å². The molecule has 1 atom stereocenters. The lowest BCUT2D eigenvalue weighted by Crippen LogP contribution is -2.29. The first-order valence-corrected chi connectivity index (χ1v) is 4.55. The van der Waals surface area contributed by atoms with E-state index in [0.29, 0.717) is 5.56 Å². The number of aliphatic hydroxyl groups is 1. The quantitative estimate of drug-likeness (QED) is 0.771. The second-order valence-electron chi connectivity index (χ2n) is 3.38. The van der Waals surface area contributed by atoms with Crippen molar-refractivity contribution < 1.29 is 19.4 Å². The molecule has 0 spiro atoms. The van der Waals surface area contributed by atoms with E-state index in [0.717, 1.165) is 0 Å². The van der Waals surface area contributed by atoms with Crippen LogP contribution in [0.4, 0.5) is 4.79 Å². The van der Waals surface area contributed by atoms with Gasteiger partial charge in [0.1, 0.15) is 12.2 Å². The van der Waals surface area contributed by atoms with Gasteiger partial charge >= 0.3 is 6.16 Å². The number of hydrogen-bond acceptors (Lipinski definition) is 4. The largest absolute Gasteiger partial charge is 0.508 e. The van der Waals surface area contributed by atoms with Gasteiger partial charge in [0.2, 0.25) is 0 Å². The van der Waals surface area contributed by atoms with E-state index in [9.17, 15) is 9.90 Å². The molecule has 0 fully saturated rings. The van der Waals surface area contributed by atoms with Crippen molar-refractivity contribution in [3.8, 4) is 0 Å². The zero-order valence-corrected chi connectivity index (χ0v) is 8.77. The van der Waals surface area contributed by atoms with Crippen molar-refractivity contribution in [2.45, 2.75) is 12.5 Å². The van der Waals surface area contributed by atoms with Crippen LogP contribution in [0.2, 0.25) is 0 Å². The number of ether oxygens (including phenoxy) is 2. The highest BCUT2D eigenvalue weighted by Crippen LogP contribution is 2.20. The Labute approximate surface area is 88.4 Å². The highest BCUT2D eigenvalue weighted by molar-refractivity contribution is 5.59. The summed E-state index contributed by atoms with van der Waals surface area (Å²) >= 11 is 0. The van der Waals surface area contributed by atoms with Crippen molar-refractivity contribution in [2.24, 2.45) is 0 Å². The maximum absolute atomic E-state index is 10.7. The van der Waals surface area contributed by atoms with Crippen molar-refractivity contribution in [2.75, 3.05) is 13.7 Å². The van der Waals surface area contributed by atoms with E-state index < -0.39 is 11.8 Å². The number of methoxy groups -OCH3 is 1. The third kappa shape index (κ3) is 3.25. The van der Waals surface area contributed by atoms with E-state index in [1.165, 1.54) is 7.11 Å². The van der Waals surface area contributed by atoms with Crippen LogP contribution in [0.25, 0.3) is 0 Å². The van der Waals surface area contributed by atoms with Crippen LogP contribution in [-0.4, -0.2) is 25.0 Å². The van der Waals surface area contributed by atoms with Crippen LogP contribution < -0.4 is 0 Å². The minimum Gasteiger partial charge on any atom is -0.438 e. The Balaban J connectivity index is 2.63. The Bertz CT molecular complexity index is 319. The molecule has 0 saturated carbocycles. The first kappa shape index (κ1) is 11.5. The summed E-state index contributed by atoms with van der Waals surface area (Å²) in [5.41, 5.74) is -0.510. The van der Waals surface area contributed by atoms with Gasteiger partial charge in [-0.2, -0.15) is 0 Å². The molecule has 0 aromatic heterocycles. The predicted molar refractivity (Wildman–Crippen MR) is 54.4 cm³/mol. The van der Waals surface area contributed by atoms with Gasteiger partial charge in [-0.15, -0.1) is 0 Å². The SMILES string of the molecule is COC(=O)OCC(C)(O)c1ccccc1. The van der Waals surface area contributed by atoms with E-state index in [4.69, 9.17) is 4.74 Å². The Hall–Kier alpha value is -1.55. The molecular formula is C11H14O4. The van der Waals surface area contributed by atoms with Crippen LogP contribution >= 0.6 is 0 Å². The van der Waals surface area contributed by atoms with E-state index >= 15 is 0 Å². The highest BCUT2D eigenvalue weighted by atomic mass is 16.7. The van der Waals surface area contributed by atoms with Crippen molar-refractivity contribution in [3.05, 3.63) is 35.9 Å². The fourth-order valence-electron chi connectivity index (χ4n) is 1.14. The Morgan fingerprint density at radius 3 is 2.53 bits per heavy atom. The second-order valence-corrected chi connectivity index (χ2v) is 3.38. The summed E-state index contributed by atoms with van der Waals surface area (Å²) in [4.78, 5) is 10.7. The molecule has 0 aliphatic rings. The molecule has 0 heterocycles. The van der Waals surface area contributed by atoms with Gasteiger partial charge in [-0.25, -0.2) is 4.79 Å². The molecule has 0 radical (unpaired) electrons. The fourth-order valence-corrected chi connectivity index (χ4v) is 1.14. The molecular weight excluding hydrogens is 196 g/mol. The fraction of sp³-hybridized carbons (Fsp3) is 0.364. The molecule has 0 saturated heterocycles. The zero-order valence-electron chi connectivity index (χ0n) is 8.77. The number of benzene rings is 1. The summed E-state index contributed by atoms with van der Waals surface area (Å²) in [6.45, 7) is 1.44. The maximum atomic E-state index is 10.7. The van der Waals surface area contributed by atoms with Crippen LogP contribution in [0.1, 0.15) is 12.5 Å². The summed E-state index contributed by atoms with van der Waals surface area (Å²) in [7, 11) is 1.22. The van der Waals surface area contributed by atoms with Gasteiger partial charge in [0.25, 0.3) is 0 Å². The van der Waals surface area contributed by atoms with E-state index in [1.807, 2.05) is 18.2 Å². The molecule has 1 aromatic rings. The van der Waals surface area contributed by atoms with Crippen molar-refractivity contribution in [1.82, 2.24) is 0 Å². The van der Waals surface area contributed by atoms with Crippen LogP contribution in [0, 0.1) is 0 Å². The van der Waals surface area contributed by atoms with Crippen molar-refractivity contribution in [3.63, 3.8) is 0 Å². The average Bonchev–Trinajstić information content (AvgIpc) is 2.27. The second kappa shape index (κ2) is 4.79. The molecule has 1 unspecified atom stereocenters. The first-order valence-electron chi connectivity index (χ1n) is 4.55. The highest BCUT2D eigenvalue weighted by Gasteiger charge is 2.25. The summed E-state index contributed by atoms with van der Waals surface area (Å²) in [5.74, 6) is 0. The zero-order chi connectivity index (χ0) is 11.3. The van der Waals surface area contributed by atoms with Crippen molar-refractivity contribution >= 4 is 6.16 Å². The molecule has 0 aliphatic carbocycles. The standard InChI is InChI=1S/C11H14O4/c1-11(13,8-15-10(12)14-2)9-6-4-3-5-7-9/h3-7,13H,8H2,1-2H3.